The van der Waals surface area contributed by atoms with Crippen molar-refractivity contribution in [3.05, 3.63) is 59.7 Å². The maximum Gasteiger partial charge on any atom is 0.269 e. The Hall–Kier alpha value is -3.46. The second kappa shape index (κ2) is 10.0. The lowest BCUT2D eigenvalue weighted by Gasteiger charge is -2.12. The number of ether oxygens (including phenoxy) is 1. The highest BCUT2D eigenvalue weighted by Gasteiger charge is 2.09. The van der Waals surface area contributed by atoms with Crippen LogP contribution in [-0.4, -0.2) is 29.4 Å². The van der Waals surface area contributed by atoms with E-state index in [4.69, 9.17) is 17.0 Å². The molecule has 0 atom stereocenters. The molecule has 28 heavy (non-hydrogen) atoms. The topological polar surface area (TPSA) is 109 Å². The molecule has 0 aliphatic carbocycles. The first kappa shape index (κ1) is 20.8. The number of carbonyl (C=O) groups excluding carboxylic acids is 3. The predicted octanol–water partition coefficient (Wildman–Crippen LogP) is 1.67. The van der Waals surface area contributed by atoms with E-state index in [0.717, 1.165) is 5.56 Å². The second-order valence-electron chi connectivity index (χ2n) is 5.77. The lowest BCUT2D eigenvalue weighted by atomic mass is 10.2. The molecule has 0 radical (unpaired) electrons. The minimum absolute atomic E-state index is 0.0680. The molecule has 146 valence electrons. The third kappa shape index (κ3) is 6.69. The molecule has 0 aliphatic rings. The van der Waals surface area contributed by atoms with Gasteiger partial charge in [0.1, 0.15) is 5.75 Å². The summed E-state index contributed by atoms with van der Waals surface area (Å²) >= 11 is 4.96. The van der Waals surface area contributed by atoms with E-state index in [2.05, 4.69) is 21.5 Å². The maximum atomic E-state index is 12.1. The minimum atomic E-state index is -0.463. The molecule has 0 bridgehead atoms. The van der Waals surface area contributed by atoms with Crippen LogP contribution in [0.25, 0.3) is 0 Å². The quantitative estimate of drug-likeness (QED) is 0.449. The van der Waals surface area contributed by atoms with Gasteiger partial charge in [-0.05, 0) is 55.0 Å². The van der Waals surface area contributed by atoms with E-state index in [0.29, 0.717) is 17.0 Å². The zero-order chi connectivity index (χ0) is 20.5. The Morgan fingerprint density at radius 3 is 2.32 bits per heavy atom. The standard InChI is InChI=1S/C19H20N4O4S/c1-12-5-3-4-6-16(12)27-11-17(25)21-19(28)23-22-18(26)14-7-9-15(10-8-14)20-13(2)24/h3-10H,11H2,1-2H3,(H,20,24)(H,22,26)(H2,21,23,25,28). The molecule has 0 saturated heterocycles. The van der Waals surface area contributed by atoms with Crippen LogP contribution in [0.5, 0.6) is 5.75 Å². The summed E-state index contributed by atoms with van der Waals surface area (Å²) in [6, 6.07) is 13.6. The molecule has 0 saturated carbocycles. The van der Waals surface area contributed by atoms with Crippen LogP contribution in [0.4, 0.5) is 5.69 Å². The van der Waals surface area contributed by atoms with E-state index in [9.17, 15) is 14.4 Å². The van der Waals surface area contributed by atoms with Gasteiger partial charge in [-0.3, -0.25) is 30.6 Å². The van der Waals surface area contributed by atoms with Crippen molar-refractivity contribution in [2.75, 3.05) is 11.9 Å². The van der Waals surface area contributed by atoms with Crippen LogP contribution in [0.2, 0.25) is 0 Å². The van der Waals surface area contributed by atoms with Crippen LogP contribution in [0.3, 0.4) is 0 Å². The van der Waals surface area contributed by atoms with Gasteiger partial charge in [-0.25, -0.2) is 0 Å². The van der Waals surface area contributed by atoms with Crippen molar-refractivity contribution in [1.82, 2.24) is 16.2 Å². The molecule has 0 spiro atoms. The first-order valence-corrected chi connectivity index (χ1v) is 8.72. The number of hydrogen-bond donors (Lipinski definition) is 4. The molecule has 0 unspecified atom stereocenters. The Kier molecular flexibility index (Phi) is 7.46. The summed E-state index contributed by atoms with van der Waals surface area (Å²) < 4.78 is 5.42. The number of rotatable bonds is 5. The highest BCUT2D eigenvalue weighted by Crippen LogP contribution is 2.15. The molecule has 3 amide bonds. The van der Waals surface area contributed by atoms with Crippen molar-refractivity contribution in [2.45, 2.75) is 13.8 Å². The van der Waals surface area contributed by atoms with Gasteiger partial charge in [0.2, 0.25) is 5.91 Å². The Balaban J connectivity index is 1.75. The van der Waals surface area contributed by atoms with Crippen molar-refractivity contribution in [1.29, 1.82) is 0 Å². The van der Waals surface area contributed by atoms with Crippen molar-refractivity contribution in [3.8, 4) is 5.75 Å². The predicted molar refractivity (Wildman–Crippen MR) is 109 cm³/mol. The molecule has 8 nitrogen and oxygen atoms in total. The van der Waals surface area contributed by atoms with E-state index in [1.165, 1.54) is 6.92 Å². The van der Waals surface area contributed by atoms with Gasteiger partial charge >= 0.3 is 0 Å². The SMILES string of the molecule is CC(=O)Nc1ccc(C(=O)NNC(=S)NC(=O)COc2ccccc2C)cc1. The van der Waals surface area contributed by atoms with Crippen molar-refractivity contribution >= 4 is 40.7 Å². The number of amides is 3. The fraction of sp³-hybridized carbons (Fsp3) is 0.158. The zero-order valence-corrected chi connectivity index (χ0v) is 16.2. The Labute approximate surface area is 167 Å². The van der Waals surface area contributed by atoms with E-state index in [-0.39, 0.29) is 17.6 Å². The minimum Gasteiger partial charge on any atom is -0.483 e. The summed E-state index contributed by atoms with van der Waals surface area (Å²) in [5.74, 6) is -0.518. The molecule has 0 fully saturated rings. The number of carbonyl (C=O) groups is 3. The number of para-hydroxylation sites is 1. The Bertz CT molecular complexity index is 884. The number of hydrogen-bond acceptors (Lipinski definition) is 5. The molecule has 2 rings (SSSR count). The summed E-state index contributed by atoms with van der Waals surface area (Å²) in [5.41, 5.74) is 6.65. The molecular weight excluding hydrogens is 380 g/mol. The highest BCUT2D eigenvalue weighted by atomic mass is 32.1. The summed E-state index contributed by atoms with van der Waals surface area (Å²) in [5, 5.41) is 4.94. The molecule has 0 aliphatic heterocycles. The van der Waals surface area contributed by atoms with Crippen molar-refractivity contribution in [3.63, 3.8) is 0 Å². The number of aryl methyl sites for hydroxylation is 1. The number of hydrazine groups is 1. The average molecular weight is 400 g/mol. The van der Waals surface area contributed by atoms with Gasteiger partial charge in [0.05, 0.1) is 0 Å². The number of thiocarbonyl (C=S) groups is 1. The fourth-order valence-corrected chi connectivity index (χ4v) is 2.31. The average Bonchev–Trinajstić information content (AvgIpc) is 2.65. The van der Waals surface area contributed by atoms with Gasteiger partial charge in [0.25, 0.3) is 11.8 Å². The van der Waals surface area contributed by atoms with Gasteiger partial charge in [-0.15, -0.1) is 0 Å². The maximum absolute atomic E-state index is 12.1. The van der Waals surface area contributed by atoms with Crippen LogP contribution in [-0.2, 0) is 9.59 Å². The van der Waals surface area contributed by atoms with Crippen molar-refractivity contribution < 1.29 is 19.1 Å². The van der Waals surface area contributed by atoms with E-state index in [1.807, 2.05) is 25.1 Å². The van der Waals surface area contributed by atoms with Crippen molar-refractivity contribution in [2.24, 2.45) is 0 Å². The van der Waals surface area contributed by atoms with Crippen LogP contribution < -0.4 is 26.2 Å². The fourth-order valence-electron chi connectivity index (χ4n) is 2.15. The van der Waals surface area contributed by atoms with Crippen LogP contribution in [0, 0.1) is 6.92 Å². The number of nitrogens with one attached hydrogen (secondary N) is 4. The van der Waals surface area contributed by atoms with Crippen LogP contribution in [0.1, 0.15) is 22.8 Å². The summed E-state index contributed by atoms with van der Waals surface area (Å²) in [7, 11) is 0. The smallest absolute Gasteiger partial charge is 0.269 e. The van der Waals surface area contributed by atoms with E-state index in [1.54, 1.807) is 30.3 Å². The largest absolute Gasteiger partial charge is 0.483 e. The summed E-state index contributed by atoms with van der Waals surface area (Å²) in [6.07, 6.45) is 0. The molecule has 2 aromatic carbocycles. The third-order valence-electron chi connectivity index (χ3n) is 3.46. The van der Waals surface area contributed by atoms with Gasteiger partial charge in [-0.2, -0.15) is 0 Å². The van der Waals surface area contributed by atoms with E-state index < -0.39 is 11.8 Å². The monoisotopic (exact) mass is 400 g/mol. The molecule has 0 aromatic heterocycles. The molecular formula is C19H20N4O4S. The van der Waals surface area contributed by atoms with Gasteiger partial charge in [-0.1, -0.05) is 18.2 Å². The highest BCUT2D eigenvalue weighted by molar-refractivity contribution is 7.80. The molecule has 0 heterocycles. The number of benzene rings is 2. The Morgan fingerprint density at radius 2 is 1.68 bits per heavy atom. The summed E-state index contributed by atoms with van der Waals surface area (Å²) in [4.78, 5) is 34.9. The third-order valence-corrected chi connectivity index (χ3v) is 3.67. The second-order valence-corrected chi connectivity index (χ2v) is 6.18. The lowest BCUT2D eigenvalue weighted by Crippen LogP contribution is -2.49. The zero-order valence-electron chi connectivity index (χ0n) is 15.4. The Morgan fingerprint density at radius 1 is 1.00 bits per heavy atom. The first-order valence-electron chi connectivity index (χ1n) is 8.31. The van der Waals surface area contributed by atoms with Crippen LogP contribution in [0.15, 0.2) is 48.5 Å². The van der Waals surface area contributed by atoms with Crippen LogP contribution >= 0.6 is 12.2 Å². The number of anilines is 1. The molecule has 4 N–H and O–H groups in total. The van der Waals surface area contributed by atoms with Gasteiger partial charge < -0.3 is 10.1 Å². The van der Waals surface area contributed by atoms with E-state index >= 15 is 0 Å². The first-order chi connectivity index (χ1) is 13.3. The normalized spacial score (nSPS) is 9.79. The van der Waals surface area contributed by atoms with Gasteiger partial charge in [0, 0.05) is 18.2 Å². The molecule has 9 heteroatoms. The van der Waals surface area contributed by atoms with Gasteiger partial charge in [0.15, 0.2) is 11.7 Å². The lowest BCUT2D eigenvalue weighted by molar-refractivity contribution is -0.121. The summed E-state index contributed by atoms with van der Waals surface area (Å²) in [6.45, 7) is 3.05. The molecule has 2 aromatic rings.